The van der Waals surface area contributed by atoms with Gasteiger partial charge in [-0.2, -0.15) is 0 Å². The van der Waals surface area contributed by atoms with Crippen LogP contribution in [0.25, 0.3) is 0 Å². The summed E-state index contributed by atoms with van der Waals surface area (Å²) < 4.78 is 4.90. The van der Waals surface area contributed by atoms with Crippen LogP contribution in [-0.4, -0.2) is 49.1 Å². The van der Waals surface area contributed by atoms with Gasteiger partial charge in [0.15, 0.2) is 0 Å². The minimum Gasteiger partial charge on any atom is -0.383 e. The fraction of sp³-hybridized carbons (Fsp3) is 0.750. The van der Waals surface area contributed by atoms with Crippen molar-refractivity contribution in [2.24, 2.45) is 11.6 Å². The van der Waals surface area contributed by atoms with Crippen LogP contribution in [0.3, 0.4) is 0 Å². The number of rotatable bonds is 5. The molecule has 1 fully saturated rings. The molecule has 1 heterocycles. The lowest BCUT2D eigenvalue weighted by molar-refractivity contribution is -0.139. The van der Waals surface area contributed by atoms with E-state index in [0.717, 1.165) is 0 Å². The molecule has 0 spiro atoms. The minimum absolute atomic E-state index is 0.187. The van der Waals surface area contributed by atoms with Crippen LogP contribution in [0.5, 0.6) is 0 Å². The molecular formula is C8H16N4O3. The summed E-state index contributed by atoms with van der Waals surface area (Å²) in [7, 11) is 1.48. The van der Waals surface area contributed by atoms with Crippen LogP contribution < -0.4 is 17.0 Å². The SMILES string of the molecule is COCC(C(=O)NN)N1CCC1C(N)=O. The first-order valence-corrected chi connectivity index (χ1v) is 4.66. The first kappa shape index (κ1) is 11.9. The highest BCUT2D eigenvalue weighted by Gasteiger charge is 2.40. The second kappa shape index (κ2) is 5.06. The molecule has 1 saturated heterocycles. The maximum Gasteiger partial charge on any atom is 0.253 e. The Kier molecular flexibility index (Phi) is 4.01. The van der Waals surface area contributed by atoms with Gasteiger partial charge in [-0.15, -0.1) is 0 Å². The summed E-state index contributed by atoms with van der Waals surface area (Å²) in [6.45, 7) is 0.835. The van der Waals surface area contributed by atoms with Crippen molar-refractivity contribution in [2.45, 2.75) is 18.5 Å². The molecule has 2 atom stereocenters. The number of hydrogen-bond acceptors (Lipinski definition) is 5. The fourth-order valence-electron chi connectivity index (χ4n) is 1.66. The van der Waals surface area contributed by atoms with E-state index in [1.807, 2.05) is 5.43 Å². The molecule has 0 radical (unpaired) electrons. The van der Waals surface area contributed by atoms with Crippen LogP contribution >= 0.6 is 0 Å². The number of methoxy groups -OCH3 is 1. The quantitative estimate of drug-likeness (QED) is 0.268. The number of primary amides is 1. The lowest BCUT2D eigenvalue weighted by atomic mass is 9.99. The predicted molar refractivity (Wildman–Crippen MR) is 52.3 cm³/mol. The van der Waals surface area contributed by atoms with E-state index in [2.05, 4.69) is 0 Å². The molecule has 2 unspecified atom stereocenters. The van der Waals surface area contributed by atoms with Gasteiger partial charge in [-0.05, 0) is 6.42 Å². The summed E-state index contributed by atoms with van der Waals surface area (Å²) in [4.78, 5) is 24.1. The normalized spacial score (nSPS) is 22.9. The Labute approximate surface area is 87.7 Å². The van der Waals surface area contributed by atoms with E-state index in [-0.39, 0.29) is 18.6 Å². The molecule has 1 rings (SSSR count). The lowest BCUT2D eigenvalue weighted by Crippen LogP contribution is -2.64. The molecule has 1 aliphatic rings. The highest BCUT2D eigenvalue weighted by Crippen LogP contribution is 2.20. The number of ether oxygens (including phenoxy) is 1. The first-order valence-electron chi connectivity index (χ1n) is 4.66. The Morgan fingerprint density at radius 2 is 2.33 bits per heavy atom. The Morgan fingerprint density at radius 1 is 1.67 bits per heavy atom. The van der Waals surface area contributed by atoms with E-state index in [1.165, 1.54) is 7.11 Å². The minimum atomic E-state index is -0.550. The monoisotopic (exact) mass is 216 g/mol. The molecule has 0 aromatic heterocycles. The second-order valence-electron chi connectivity index (χ2n) is 3.42. The molecule has 0 bridgehead atoms. The van der Waals surface area contributed by atoms with E-state index >= 15 is 0 Å². The highest BCUT2D eigenvalue weighted by molar-refractivity contribution is 5.85. The predicted octanol–water partition coefficient (Wildman–Crippen LogP) is -2.45. The Balaban J connectivity index is 2.64. The molecule has 1 aliphatic heterocycles. The molecule has 7 nitrogen and oxygen atoms in total. The number of nitrogens with zero attached hydrogens (tertiary/aromatic N) is 1. The number of carbonyl (C=O) groups is 2. The molecule has 0 aromatic rings. The van der Waals surface area contributed by atoms with Gasteiger partial charge in [0.2, 0.25) is 5.91 Å². The van der Waals surface area contributed by atoms with Crippen molar-refractivity contribution in [2.75, 3.05) is 20.3 Å². The van der Waals surface area contributed by atoms with Crippen LogP contribution in [-0.2, 0) is 14.3 Å². The number of likely N-dealkylation sites (tertiary alicyclic amines) is 1. The van der Waals surface area contributed by atoms with Crippen molar-refractivity contribution in [3.05, 3.63) is 0 Å². The summed E-state index contributed by atoms with van der Waals surface area (Å²) in [5.74, 6) is 4.25. The smallest absolute Gasteiger partial charge is 0.253 e. The van der Waals surface area contributed by atoms with Gasteiger partial charge in [0, 0.05) is 13.7 Å². The number of amides is 2. The zero-order valence-electron chi connectivity index (χ0n) is 8.60. The topological polar surface area (TPSA) is 111 Å². The molecule has 0 aliphatic carbocycles. The van der Waals surface area contributed by atoms with Gasteiger partial charge < -0.3 is 10.5 Å². The third kappa shape index (κ3) is 2.44. The average Bonchev–Trinajstić information content (AvgIpc) is 2.13. The Hall–Kier alpha value is -1.18. The first-order chi connectivity index (χ1) is 7.11. The zero-order chi connectivity index (χ0) is 11.4. The Bertz CT molecular complexity index is 258. The van der Waals surface area contributed by atoms with E-state index in [1.54, 1.807) is 4.90 Å². The third-order valence-electron chi connectivity index (χ3n) is 2.56. The lowest BCUT2D eigenvalue weighted by Gasteiger charge is -2.42. The van der Waals surface area contributed by atoms with Crippen molar-refractivity contribution >= 4 is 11.8 Å². The van der Waals surface area contributed by atoms with Gasteiger partial charge in [0.1, 0.15) is 6.04 Å². The van der Waals surface area contributed by atoms with Crippen molar-refractivity contribution in [3.8, 4) is 0 Å². The summed E-state index contributed by atoms with van der Waals surface area (Å²) in [5.41, 5.74) is 7.23. The molecule has 86 valence electrons. The van der Waals surface area contributed by atoms with Crippen LogP contribution in [0, 0.1) is 0 Å². The largest absolute Gasteiger partial charge is 0.383 e. The maximum atomic E-state index is 11.4. The summed E-state index contributed by atoms with van der Waals surface area (Å²) >= 11 is 0. The van der Waals surface area contributed by atoms with Gasteiger partial charge in [0.25, 0.3) is 5.91 Å². The summed E-state index contributed by atoms with van der Waals surface area (Å²) in [6, 6.07) is -0.936. The van der Waals surface area contributed by atoms with Crippen LogP contribution in [0.4, 0.5) is 0 Å². The molecule has 15 heavy (non-hydrogen) atoms. The highest BCUT2D eigenvalue weighted by atomic mass is 16.5. The van der Waals surface area contributed by atoms with E-state index in [4.69, 9.17) is 16.3 Å². The molecule has 5 N–H and O–H groups in total. The van der Waals surface area contributed by atoms with Crippen molar-refractivity contribution in [3.63, 3.8) is 0 Å². The molecule has 0 saturated carbocycles. The number of hydrogen-bond donors (Lipinski definition) is 3. The summed E-state index contributed by atoms with van der Waals surface area (Å²) in [6.07, 6.45) is 0.674. The standard InChI is InChI=1S/C8H16N4O3/c1-15-4-6(8(14)11-10)12-3-2-5(12)7(9)13/h5-6H,2-4,10H2,1H3,(H2,9,13)(H,11,14). The van der Waals surface area contributed by atoms with E-state index in [0.29, 0.717) is 13.0 Å². The van der Waals surface area contributed by atoms with Gasteiger partial charge in [-0.3, -0.25) is 19.9 Å². The molecule has 2 amide bonds. The number of nitrogens with two attached hydrogens (primary N) is 2. The maximum absolute atomic E-state index is 11.4. The fourth-order valence-corrected chi connectivity index (χ4v) is 1.66. The van der Waals surface area contributed by atoms with E-state index < -0.39 is 11.9 Å². The second-order valence-corrected chi connectivity index (χ2v) is 3.42. The third-order valence-corrected chi connectivity index (χ3v) is 2.56. The van der Waals surface area contributed by atoms with Gasteiger partial charge in [-0.25, -0.2) is 5.84 Å². The number of nitrogens with one attached hydrogen (secondary N) is 1. The molecule has 7 heteroatoms. The average molecular weight is 216 g/mol. The zero-order valence-corrected chi connectivity index (χ0v) is 8.60. The van der Waals surface area contributed by atoms with Crippen molar-refractivity contribution in [1.82, 2.24) is 10.3 Å². The van der Waals surface area contributed by atoms with Crippen LogP contribution in [0.15, 0.2) is 0 Å². The molecular weight excluding hydrogens is 200 g/mol. The van der Waals surface area contributed by atoms with Gasteiger partial charge >= 0.3 is 0 Å². The Morgan fingerprint density at radius 3 is 2.67 bits per heavy atom. The van der Waals surface area contributed by atoms with Crippen molar-refractivity contribution < 1.29 is 14.3 Å². The van der Waals surface area contributed by atoms with E-state index in [9.17, 15) is 9.59 Å². The van der Waals surface area contributed by atoms with Crippen LogP contribution in [0.1, 0.15) is 6.42 Å². The number of hydrazine groups is 1. The van der Waals surface area contributed by atoms with Crippen LogP contribution in [0.2, 0.25) is 0 Å². The molecule has 0 aromatic carbocycles. The van der Waals surface area contributed by atoms with Gasteiger partial charge in [-0.1, -0.05) is 0 Å². The van der Waals surface area contributed by atoms with Gasteiger partial charge in [0.05, 0.1) is 12.6 Å². The summed E-state index contributed by atoms with van der Waals surface area (Å²) in [5, 5.41) is 0. The van der Waals surface area contributed by atoms with Crippen molar-refractivity contribution in [1.29, 1.82) is 0 Å². The number of carbonyl (C=O) groups excluding carboxylic acids is 2.